The van der Waals surface area contributed by atoms with Gasteiger partial charge in [0.25, 0.3) is 0 Å². The SMILES string of the molecule is CCCOc1nc(NN)nc(NCC(C)C(C)C)n1. The summed E-state index contributed by atoms with van der Waals surface area (Å²) in [6.45, 7) is 9.92. The molecule has 1 heterocycles. The van der Waals surface area contributed by atoms with Crippen molar-refractivity contribution in [1.82, 2.24) is 15.0 Å². The van der Waals surface area contributed by atoms with Crippen LogP contribution in [0.15, 0.2) is 0 Å². The minimum Gasteiger partial charge on any atom is -0.463 e. The summed E-state index contributed by atoms with van der Waals surface area (Å²) in [5.41, 5.74) is 2.41. The summed E-state index contributed by atoms with van der Waals surface area (Å²) >= 11 is 0. The van der Waals surface area contributed by atoms with E-state index in [9.17, 15) is 0 Å². The van der Waals surface area contributed by atoms with Crippen molar-refractivity contribution in [2.24, 2.45) is 17.7 Å². The van der Waals surface area contributed by atoms with Gasteiger partial charge in [0.15, 0.2) is 0 Å². The number of hydrogen-bond acceptors (Lipinski definition) is 7. The Morgan fingerprint density at radius 2 is 1.84 bits per heavy atom. The molecule has 7 heteroatoms. The van der Waals surface area contributed by atoms with Gasteiger partial charge in [-0.05, 0) is 18.3 Å². The van der Waals surface area contributed by atoms with E-state index in [2.05, 4.69) is 46.5 Å². The maximum atomic E-state index is 5.39. The third kappa shape index (κ3) is 5.25. The highest BCUT2D eigenvalue weighted by Gasteiger charge is 2.10. The van der Waals surface area contributed by atoms with E-state index in [1.54, 1.807) is 0 Å². The number of nitrogens with zero attached hydrogens (tertiary/aromatic N) is 3. The molecule has 0 aliphatic rings. The molecule has 0 radical (unpaired) electrons. The first-order valence-corrected chi connectivity index (χ1v) is 6.66. The van der Waals surface area contributed by atoms with Crippen LogP contribution in [0.3, 0.4) is 0 Å². The number of ether oxygens (including phenoxy) is 1. The summed E-state index contributed by atoms with van der Waals surface area (Å²) in [6, 6.07) is 0.282. The molecule has 108 valence electrons. The lowest BCUT2D eigenvalue weighted by molar-refractivity contribution is 0.292. The molecule has 0 fully saturated rings. The maximum absolute atomic E-state index is 5.39. The van der Waals surface area contributed by atoms with Crippen LogP contribution in [0, 0.1) is 11.8 Å². The van der Waals surface area contributed by atoms with E-state index in [1.165, 1.54) is 0 Å². The third-order valence-corrected chi connectivity index (χ3v) is 2.90. The molecular formula is C12H24N6O. The van der Waals surface area contributed by atoms with Crippen molar-refractivity contribution in [3.8, 4) is 6.01 Å². The minimum absolute atomic E-state index is 0.282. The van der Waals surface area contributed by atoms with E-state index < -0.39 is 0 Å². The van der Waals surface area contributed by atoms with Gasteiger partial charge in [0.1, 0.15) is 0 Å². The van der Waals surface area contributed by atoms with Gasteiger partial charge >= 0.3 is 6.01 Å². The topological polar surface area (TPSA) is 98.0 Å². The minimum atomic E-state index is 0.282. The number of aromatic nitrogens is 3. The van der Waals surface area contributed by atoms with Crippen molar-refractivity contribution in [2.45, 2.75) is 34.1 Å². The first kappa shape index (κ1) is 15.4. The molecule has 0 spiro atoms. The normalized spacial score (nSPS) is 12.3. The molecule has 1 rings (SSSR count). The van der Waals surface area contributed by atoms with Gasteiger partial charge in [0, 0.05) is 6.54 Å². The summed E-state index contributed by atoms with van der Waals surface area (Å²) in [4.78, 5) is 12.4. The van der Waals surface area contributed by atoms with Crippen LogP contribution in [0.2, 0.25) is 0 Å². The van der Waals surface area contributed by atoms with Gasteiger partial charge in [-0.2, -0.15) is 15.0 Å². The van der Waals surface area contributed by atoms with Crippen molar-refractivity contribution < 1.29 is 4.74 Å². The largest absolute Gasteiger partial charge is 0.463 e. The van der Waals surface area contributed by atoms with Crippen LogP contribution in [-0.2, 0) is 0 Å². The lowest BCUT2D eigenvalue weighted by Crippen LogP contribution is -2.19. The lowest BCUT2D eigenvalue weighted by atomic mass is 9.98. The quantitative estimate of drug-likeness (QED) is 0.487. The standard InChI is InChI=1S/C12H24N6O/c1-5-6-19-12-16-10(15-11(17-12)18-13)14-7-9(4)8(2)3/h8-9H,5-7,13H2,1-4H3,(H2,14,15,16,17,18). The fraction of sp³-hybridized carbons (Fsp3) is 0.750. The number of rotatable bonds is 8. The van der Waals surface area contributed by atoms with Crippen molar-refractivity contribution in [3.63, 3.8) is 0 Å². The Bertz CT molecular complexity index is 384. The summed E-state index contributed by atoms with van der Waals surface area (Å²) in [5, 5.41) is 3.18. The van der Waals surface area contributed by atoms with E-state index in [0.29, 0.717) is 30.3 Å². The summed E-state index contributed by atoms with van der Waals surface area (Å²) in [6.07, 6.45) is 0.893. The number of anilines is 2. The number of hydrogen-bond donors (Lipinski definition) is 3. The Hall–Kier alpha value is -1.63. The van der Waals surface area contributed by atoms with Crippen LogP contribution in [0.25, 0.3) is 0 Å². The van der Waals surface area contributed by atoms with Crippen LogP contribution >= 0.6 is 0 Å². The molecule has 4 N–H and O–H groups in total. The molecule has 0 aliphatic carbocycles. The molecule has 0 aromatic carbocycles. The van der Waals surface area contributed by atoms with Crippen LogP contribution < -0.4 is 21.3 Å². The Morgan fingerprint density at radius 1 is 1.16 bits per heavy atom. The summed E-state index contributed by atoms with van der Waals surface area (Å²) < 4.78 is 5.39. The molecule has 1 aromatic heterocycles. The van der Waals surface area contributed by atoms with Crippen LogP contribution in [0.1, 0.15) is 34.1 Å². The lowest BCUT2D eigenvalue weighted by Gasteiger charge is -2.16. The Kier molecular flexibility index (Phi) is 6.27. The summed E-state index contributed by atoms with van der Waals surface area (Å²) in [7, 11) is 0. The third-order valence-electron chi connectivity index (χ3n) is 2.90. The highest BCUT2D eigenvalue weighted by atomic mass is 16.5. The second-order valence-corrected chi connectivity index (χ2v) is 4.86. The van der Waals surface area contributed by atoms with Gasteiger partial charge < -0.3 is 10.1 Å². The molecule has 0 amide bonds. The molecule has 1 unspecified atom stereocenters. The van der Waals surface area contributed by atoms with E-state index >= 15 is 0 Å². The van der Waals surface area contributed by atoms with Gasteiger partial charge in [-0.3, -0.25) is 5.43 Å². The molecule has 19 heavy (non-hydrogen) atoms. The number of hydrazine groups is 1. The van der Waals surface area contributed by atoms with Gasteiger partial charge in [0.2, 0.25) is 11.9 Å². The summed E-state index contributed by atoms with van der Waals surface area (Å²) in [5.74, 6) is 7.21. The maximum Gasteiger partial charge on any atom is 0.323 e. The van der Waals surface area contributed by atoms with Crippen LogP contribution in [-0.4, -0.2) is 28.1 Å². The Morgan fingerprint density at radius 3 is 2.42 bits per heavy atom. The number of nitrogens with two attached hydrogens (primary N) is 1. The molecule has 1 aromatic rings. The second kappa shape index (κ2) is 7.73. The predicted molar refractivity (Wildman–Crippen MR) is 75.9 cm³/mol. The van der Waals surface area contributed by atoms with Gasteiger partial charge in [0.05, 0.1) is 6.61 Å². The Labute approximate surface area is 114 Å². The average Bonchev–Trinajstić information content (AvgIpc) is 2.42. The van der Waals surface area contributed by atoms with Crippen molar-refractivity contribution in [2.75, 3.05) is 23.9 Å². The first-order valence-electron chi connectivity index (χ1n) is 6.66. The average molecular weight is 268 g/mol. The molecule has 0 saturated carbocycles. The first-order chi connectivity index (χ1) is 9.06. The van der Waals surface area contributed by atoms with Crippen molar-refractivity contribution >= 4 is 11.9 Å². The highest BCUT2D eigenvalue weighted by Crippen LogP contribution is 2.13. The fourth-order valence-corrected chi connectivity index (χ4v) is 1.25. The predicted octanol–water partition coefficient (Wildman–Crippen LogP) is 1.65. The van der Waals surface area contributed by atoms with Crippen LogP contribution in [0.5, 0.6) is 6.01 Å². The zero-order valence-electron chi connectivity index (χ0n) is 12.1. The molecule has 0 bridgehead atoms. The molecule has 0 aliphatic heterocycles. The van der Waals surface area contributed by atoms with Crippen molar-refractivity contribution in [1.29, 1.82) is 0 Å². The van der Waals surface area contributed by atoms with Gasteiger partial charge in [-0.1, -0.05) is 27.7 Å². The molecule has 0 saturated heterocycles. The molecule has 7 nitrogen and oxygen atoms in total. The molecule has 1 atom stereocenters. The van der Waals surface area contributed by atoms with E-state index in [4.69, 9.17) is 10.6 Å². The Balaban J connectivity index is 2.70. The van der Waals surface area contributed by atoms with Gasteiger partial charge in [-0.25, -0.2) is 5.84 Å². The second-order valence-electron chi connectivity index (χ2n) is 4.86. The van der Waals surface area contributed by atoms with E-state index in [-0.39, 0.29) is 6.01 Å². The molecular weight excluding hydrogens is 244 g/mol. The zero-order chi connectivity index (χ0) is 14.3. The fourth-order valence-electron chi connectivity index (χ4n) is 1.25. The van der Waals surface area contributed by atoms with E-state index in [0.717, 1.165) is 13.0 Å². The van der Waals surface area contributed by atoms with Gasteiger partial charge in [-0.15, -0.1) is 0 Å². The smallest absolute Gasteiger partial charge is 0.323 e. The number of nitrogen functional groups attached to an aromatic ring is 1. The van der Waals surface area contributed by atoms with Crippen LogP contribution in [0.4, 0.5) is 11.9 Å². The number of nitrogens with one attached hydrogen (secondary N) is 2. The highest BCUT2D eigenvalue weighted by molar-refractivity contribution is 5.34. The van der Waals surface area contributed by atoms with E-state index in [1.807, 2.05) is 6.92 Å². The van der Waals surface area contributed by atoms with Crippen molar-refractivity contribution in [3.05, 3.63) is 0 Å². The zero-order valence-corrected chi connectivity index (χ0v) is 12.1. The monoisotopic (exact) mass is 268 g/mol.